The van der Waals surface area contributed by atoms with Gasteiger partial charge in [0.05, 0.1) is 0 Å². The van der Waals surface area contributed by atoms with Gasteiger partial charge in [-0.25, -0.2) is 4.79 Å². The van der Waals surface area contributed by atoms with E-state index in [4.69, 9.17) is 5.11 Å². The summed E-state index contributed by atoms with van der Waals surface area (Å²) in [5.41, 5.74) is 1.87. The smallest absolute Gasteiger partial charge is 0.328 e. The molecule has 0 fully saturated rings. The zero-order valence-corrected chi connectivity index (χ0v) is 11.3. The lowest BCUT2D eigenvalue weighted by Crippen LogP contribution is -2.14. The number of hydrogen-bond donors (Lipinski definition) is 2. The molecular weight excluding hydrogens is 270 g/mol. The second-order valence-corrected chi connectivity index (χ2v) is 4.31. The number of anilines is 1. The van der Waals surface area contributed by atoms with Crippen LogP contribution in [0.3, 0.4) is 0 Å². The molecule has 0 bridgehead atoms. The standard InChI is InChI=1S/C15H13N3O3/c1-10-4-5-11(6-7-14(19)20)9-12(10)15(21)17-13-3-2-8-16-18-13/h2-9H,1H3,(H,19,20)(H,17,18,21)/b7-6+. The summed E-state index contributed by atoms with van der Waals surface area (Å²) in [5.74, 6) is -1.01. The number of aryl methyl sites for hydroxylation is 1. The van der Waals surface area contributed by atoms with Crippen LogP contribution in [0.25, 0.3) is 6.08 Å². The fourth-order valence-corrected chi connectivity index (χ4v) is 1.71. The second kappa shape index (κ2) is 6.42. The predicted octanol–water partition coefficient (Wildman–Crippen LogP) is 2.14. The van der Waals surface area contributed by atoms with Gasteiger partial charge in [-0.1, -0.05) is 12.1 Å². The van der Waals surface area contributed by atoms with E-state index >= 15 is 0 Å². The third-order valence-electron chi connectivity index (χ3n) is 2.74. The van der Waals surface area contributed by atoms with Gasteiger partial charge in [0, 0.05) is 17.8 Å². The second-order valence-electron chi connectivity index (χ2n) is 4.31. The molecule has 0 radical (unpaired) electrons. The van der Waals surface area contributed by atoms with Crippen molar-refractivity contribution in [3.05, 3.63) is 59.3 Å². The van der Waals surface area contributed by atoms with E-state index < -0.39 is 5.97 Å². The molecule has 1 amide bonds. The fraction of sp³-hybridized carbons (Fsp3) is 0.0667. The summed E-state index contributed by atoms with van der Waals surface area (Å²) < 4.78 is 0. The third-order valence-corrected chi connectivity index (χ3v) is 2.74. The summed E-state index contributed by atoms with van der Waals surface area (Å²) in [4.78, 5) is 22.7. The van der Waals surface area contributed by atoms with Crippen LogP contribution in [0, 0.1) is 6.92 Å². The summed E-state index contributed by atoms with van der Waals surface area (Å²) in [5, 5.41) is 18.7. The van der Waals surface area contributed by atoms with Crippen molar-refractivity contribution in [1.29, 1.82) is 0 Å². The zero-order chi connectivity index (χ0) is 15.2. The van der Waals surface area contributed by atoms with Crippen molar-refractivity contribution in [2.75, 3.05) is 5.32 Å². The Morgan fingerprint density at radius 2 is 2.10 bits per heavy atom. The highest BCUT2D eigenvalue weighted by molar-refractivity contribution is 6.05. The molecule has 0 saturated carbocycles. The van der Waals surface area contributed by atoms with Gasteiger partial charge in [0.15, 0.2) is 5.82 Å². The maximum atomic E-state index is 12.2. The van der Waals surface area contributed by atoms with Gasteiger partial charge in [0.1, 0.15) is 0 Å². The van der Waals surface area contributed by atoms with Crippen molar-refractivity contribution in [1.82, 2.24) is 10.2 Å². The molecule has 2 N–H and O–H groups in total. The van der Waals surface area contributed by atoms with Crippen molar-refractivity contribution in [2.24, 2.45) is 0 Å². The van der Waals surface area contributed by atoms with Crippen molar-refractivity contribution >= 4 is 23.8 Å². The Morgan fingerprint density at radius 1 is 1.29 bits per heavy atom. The zero-order valence-electron chi connectivity index (χ0n) is 11.3. The molecule has 0 saturated heterocycles. The van der Waals surface area contributed by atoms with E-state index in [1.54, 1.807) is 37.3 Å². The van der Waals surface area contributed by atoms with Gasteiger partial charge in [-0.05, 0) is 42.3 Å². The molecule has 6 heteroatoms. The largest absolute Gasteiger partial charge is 0.478 e. The molecule has 2 rings (SSSR count). The average Bonchev–Trinajstić information content (AvgIpc) is 2.47. The fourth-order valence-electron chi connectivity index (χ4n) is 1.71. The first-order valence-electron chi connectivity index (χ1n) is 6.17. The maximum Gasteiger partial charge on any atom is 0.328 e. The minimum Gasteiger partial charge on any atom is -0.478 e. The Balaban J connectivity index is 2.24. The molecule has 1 aromatic heterocycles. The lowest BCUT2D eigenvalue weighted by atomic mass is 10.0. The normalized spacial score (nSPS) is 10.5. The Morgan fingerprint density at radius 3 is 2.76 bits per heavy atom. The van der Waals surface area contributed by atoms with Crippen molar-refractivity contribution in [3.63, 3.8) is 0 Å². The number of carboxylic acids is 1. The van der Waals surface area contributed by atoms with Crippen LogP contribution in [-0.2, 0) is 4.79 Å². The minimum absolute atomic E-state index is 0.321. The van der Waals surface area contributed by atoms with E-state index in [-0.39, 0.29) is 5.91 Å². The topological polar surface area (TPSA) is 92.2 Å². The number of aromatic nitrogens is 2. The summed E-state index contributed by atoms with van der Waals surface area (Å²) in [6.07, 6.45) is 3.97. The molecule has 1 aromatic carbocycles. The molecule has 0 spiro atoms. The predicted molar refractivity (Wildman–Crippen MR) is 77.8 cm³/mol. The number of hydrogen-bond acceptors (Lipinski definition) is 4. The molecule has 2 aromatic rings. The highest BCUT2D eigenvalue weighted by atomic mass is 16.4. The van der Waals surface area contributed by atoms with E-state index in [0.717, 1.165) is 11.6 Å². The van der Waals surface area contributed by atoms with Gasteiger partial charge in [-0.2, -0.15) is 5.10 Å². The van der Waals surface area contributed by atoms with E-state index in [1.165, 1.54) is 12.3 Å². The van der Waals surface area contributed by atoms with Gasteiger partial charge in [0.2, 0.25) is 0 Å². The van der Waals surface area contributed by atoms with Crippen LogP contribution in [0.2, 0.25) is 0 Å². The first kappa shape index (κ1) is 14.4. The van der Waals surface area contributed by atoms with Crippen LogP contribution in [0.1, 0.15) is 21.5 Å². The number of carbonyl (C=O) groups excluding carboxylic acids is 1. The van der Waals surface area contributed by atoms with E-state index in [9.17, 15) is 9.59 Å². The average molecular weight is 283 g/mol. The number of amides is 1. The number of carbonyl (C=O) groups is 2. The first-order chi connectivity index (χ1) is 10.1. The number of nitrogens with zero attached hydrogens (tertiary/aromatic N) is 2. The number of rotatable bonds is 4. The quantitative estimate of drug-likeness (QED) is 0.839. The molecule has 6 nitrogen and oxygen atoms in total. The molecule has 0 aliphatic carbocycles. The Hall–Kier alpha value is -3.02. The highest BCUT2D eigenvalue weighted by Gasteiger charge is 2.10. The van der Waals surface area contributed by atoms with Crippen molar-refractivity contribution in [3.8, 4) is 0 Å². The molecule has 106 valence electrons. The molecule has 0 aliphatic heterocycles. The number of benzene rings is 1. The van der Waals surface area contributed by atoms with Crippen LogP contribution >= 0.6 is 0 Å². The van der Waals surface area contributed by atoms with Crippen LogP contribution in [0.4, 0.5) is 5.82 Å². The number of aliphatic carboxylic acids is 1. The lowest BCUT2D eigenvalue weighted by molar-refractivity contribution is -0.131. The Bertz CT molecular complexity index is 697. The number of nitrogens with one attached hydrogen (secondary N) is 1. The first-order valence-corrected chi connectivity index (χ1v) is 6.17. The third kappa shape index (κ3) is 3.97. The van der Waals surface area contributed by atoms with Crippen LogP contribution in [0.15, 0.2) is 42.6 Å². The number of carboxylic acid groups (broad SMARTS) is 1. The highest BCUT2D eigenvalue weighted by Crippen LogP contribution is 2.14. The SMILES string of the molecule is Cc1ccc(/C=C/C(=O)O)cc1C(=O)Nc1cccnn1. The summed E-state index contributed by atoms with van der Waals surface area (Å²) in [6.45, 7) is 1.80. The van der Waals surface area contributed by atoms with Gasteiger partial charge in [-0.15, -0.1) is 5.10 Å². The summed E-state index contributed by atoms with van der Waals surface area (Å²) in [6, 6.07) is 8.43. The summed E-state index contributed by atoms with van der Waals surface area (Å²) in [7, 11) is 0. The van der Waals surface area contributed by atoms with Gasteiger partial charge in [-0.3, -0.25) is 4.79 Å². The Labute approximate surface area is 121 Å². The molecule has 1 heterocycles. The molecule has 0 aliphatic rings. The van der Waals surface area contributed by atoms with E-state index in [0.29, 0.717) is 16.9 Å². The van der Waals surface area contributed by atoms with E-state index in [2.05, 4.69) is 15.5 Å². The molecule has 0 atom stereocenters. The maximum absolute atomic E-state index is 12.2. The van der Waals surface area contributed by atoms with Crippen LogP contribution < -0.4 is 5.32 Å². The summed E-state index contributed by atoms with van der Waals surface area (Å²) >= 11 is 0. The van der Waals surface area contributed by atoms with Crippen molar-refractivity contribution < 1.29 is 14.7 Å². The minimum atomic E-state index is -1.04. The monoisotopic (exact) mass is 283 g/mol. The molecular formula is C15H13N3O3. The van der Waals surface area contributed by atoms with Crippen LogP contribution in [0.5, 0.6) is 0 Å². The van der Waals surface area contributed by atoms with Crippen LogP contribution in [-0.4, -0.2) is 27.2 Å². The lowest BCUT2D eigenvalue weighted by Gasteiger charge is -2.07. The Kier molecular flexibility index (Phi) is 4.40. The molecule has 21 heavy (non-hydrogen) atoms. The molecule has 0 unspecified atom stereocenters. The van der Waals surface area contributed by atoms with Gasteiger partial charge in [0.25, 0.3) is 5.91 Å². The van der Waals surface area contributed by atoms with Gasteiger partial charge < -0.3 is 10.4 Å². The van der Waals surface area contributed by atoms with E-state index in [1.807, 2.05) is 0 Å². The van der Waals surface area contributed by atoms with Crippen molar-refractivity contribution in [2.45, 2.75) is 6.92 Å². The van der Waals surface area contributed by atoms with Gasteiger partial charge >= 0.3 is 5.97 Å².